The number of rotatable bonds is 5. The summed E-state index contributed by atoms with van der Waals surface area (Å²) in [5.74, 6) is 1.74. The maximum Gasteiger partial charge on any atom is 0.120 e. The summed E-state index contributed by atoms with van der Waals surface area (Å²) in [6.45, 7) is 2.11. The summed E-state index contributed by atoms with van der Waals surface area (Å²) in [4.78, 5) is 0. The lowest BCUT2D eigenvalue weighted by Crippen LogP contribution is -2.16. The van der Waals surface area contributed by atoms with E-state index in [0.717, 1.165) is 23.2 Å². The Bertz CT molecular complexity index is 254. The van der Waals surface area contributed by atoms with Crippen LogP contribution in [-0.4, -0.2) is 18.5 Å². The lowest BCUT2D eigenvalue weighted by molar-refractivity contribution is 0.223. The van der Waals surface area contributed by atoms with Crippen LogP contribution in [0.25, 0.3) is 0 Å². The zero-order chi connectivity index (χ0) is 10.4. The smallest absolute Gasteiger partial charge is 0.120 e. The summed E-state index contributed by atoms with van der Waals surface area (Å²) in [6.07, 6.45) is 1.24. The largest absolute Gasteiger partial charge is 0.497 e. The van der Waals surface area contributed by atoms with Crippen molar-refractivity contribution in [3.05, 3.63) is 24.3 Å². The SMILES string of the molecule is CCC(CBr)Oc1ccc(OC)cc1. The van der Waals surface area contributed by atoms with Crippen molar-refractivity contribution in [2.24, 2.45) is 0 Å². The molecule has 1 rings (SSSR count). The maximum absolute atomic E-state index is 5.71. The summed E-state index contributed by atoms with van der Waals surface area (Å²) in [5.41, 5.74) is 0. The predicted octanol–water partition coefficient (Wildman–Crippen LogP) is 3.25. The fourth-order valence-electron chi connectivity index (χ4n) is 1.07. The molecule has 14 heavy (non-hydrogen) atoms. The molecule has 1 atom stereocenters. The second-order valence-corrected chi connectivity index (χ2v) is 3.63. The third-order valence-corrected chi connectivity index (χ3v) is 2.71. The number of benzene rings is 1. The van der Waals surface area contributed by atoms with Gasteiger partial charge in [-0.25, -0.2) is 0 Å². The van der Waals surface area contributed by atoms with E-state index in [1.165, 1.54) is 0 Å². The number of alkyl halides is 1. The Kier molecular flexibility index (Phi) is 4.80. The average molecular weight is 259 g/mol. The standard InChI is InChI=1S/C11H15BrO2/c1-3-9(8-12)14-11-6-4-10(13-2)5-7-11/h4-7,9H,3,8H2,1-2H3. The lowest BCUT2D eigenvalue weighted by atomic mass is 10.3. The highest BCUT2D eigenvalue weighted by Gasteiger charge is 2.05. The molecular weight excluding hydrogens is 244 g/mol. The maximum atomic E-state index is 5.71. The molecule has 0 amide bonds. The van der Waals surface area contributed by atoms with E-state index < -0.39 is 0 Å². The monoisotopic (exact) mass is 258 g/mol. The first-order valence-corrected chi connectivity index (χ1v) is 5.79. The van der Waals surface area contributed by atoms with Crippen molar-refractivity contribution in [3.8, 4) is 11.5 Å². The number of halogens is 1. The fraction of sp³-hybridized carbons (Fsp3) is 0.455. The minimum Gasteiger partial charge on any atom is -0.497 e. The van der Waals surface area contributed by atoms with Gasteiger partial charge in [-0.05, 0) is 30.7 Å². The first-order valence-electron chi connectivity index (χ1n) is 4.66. The second kappa shape index (κ2) is 5.91. The number of ether oxygens (including phenoxy) is 2. The third-order valence-electron chi connectivity index (χ3n) is 1.99. The highest BCUT2D eigenvalue weighted by Crippen LogP contribution is 2.19. The van der Waals surface area contributed by atoms with E-state index in [-0.39, 0.29) is 6.10 Å². The molecule has 0 N–H and O–H groups in total. The van der Waals surface area contributed by atoms with Crippen molar-refractivity contribution >= 4 is 15.9 Å². The molecule has 0 heterocycles. The van der Waals surface area contributed by atoms with Crippen LogP contribution in [-0.2, 0) is 0 Å². The van der Waals surface area contributed by atoms with E-state index in [2.05, 4.69) is 22.9 Å². The number of hydrogen-bond acceptors (Lipinski definition) is 2. The van der Waals surface area contributed by atoms with E-state index in [4.69, 9.17) is 9.47 Å². The van der Waals surface area contributed by atoms with Gasteiger partial charge < -0.3 is 9.47 Å². The van der Waals surface area contributed by atoms with E-state index >= 15 is 0 Å². The molecule has 0 saturated carbocycles. The molecule has 1 aromatic rings. The molecule has 0 saturated heterocycles. The highest BCUT2D eigenvalue weighted by molar-refractivity contribution is 9.09. The lowest BCUT2D eigenvalue weighted by Gasteiger charge is -2.14. The molecule has 2 nitrogen and oxygen atoms in total. The van der Waals surface area contributed by atoms with Gasteiger partial charge in [-0.3, -0.25) is 0 Å². The first kappa shape index (κ1) is 11.4. The summed E-state index contributed by atoms with van der Waals surface area (Å²) in [5, 5.41) is 0.857. The molecule has 0 spiro atoms. The van der Waals surface area contributed by atoms with E-state index in [1.54, 1.807) is 7.11 Å². The molecule has 0 aliphatic rings. The number of hydrogen-bond donors (Lipinski definition) is 0. The molecular formula is C11H15BrO2. The van der Waals surface area contributed by atoms with Crippen LogP contribution in [0.15, 0.2) is 24.3 Å². The van der Waals surface area contributed by atoms with Gasteiger partial charge in [0.25, 0.3) is 0 Å². The molecule has 3 heteroatoms. The predicted molar refractivity (Wildman–Crippen MR) is 61.5 cm³/mol. The summed E-state index contributed by atoms with van der Waals surface area (Å²) >= 11 is 3.41. The van der Waals surface area contributed by atoms with Crippen LogP contribution in [0.1, 0.15) is 13.3 Å². The summed E-state index contributed by atoms with van der Waals surface area (Å²) in [6, 6.07) is 7.64. The zero-order valence-corrected chi connectivity index (χ0v) is 10.1. The van der Waals surface area contributed by atoms with Gasteiger partial charge in [-0.2, -0.15) is 0 Å². The Hall–Kier alpha value is -0.700. The minimum atomic E-state index is 0.239. The van der Waals surface area contributed by atoms with Crippen molar-refractivity contribution in [1.29, 1.82) is 0 Å². The van der Waals surface area contributed by atoms with Gasteiger partial charge in [0.2, 0.25) is 0 Å². The van der Waals surface area contributed by atoms with Gasteiger partial charge in [-0.1, -0.05) is 22.9 Å². The molecule has 1 aromatic carbocycles. The first-order chi connectivity index (χ1) is 6.80. The van der Waals surface area contributed by atoms with Crippen molar-refractivity contribution in [1.82, 2.24) is 0 Å². The summed E-state index contributed by atoms with van der Waals surface area (Å²) in [7, 11) is 1.66. The van der Waals surface area contributed by atoms with Gasteiger partial charge in [-0.15, -0.1) is 0 Å². The molecule has 1 unspecified atom stereocenters. The minimum absolute atomic E-state index is 0.239. The van der Waals surface area contributed by atoms with E-state index in [9.17, 15) is 0 Å². The number of methoxy groups -OCH3 is 1. The van der Waals surface area contributed by atoms with E-state index in [1.807, 2.05) is 24.3 Å². The third kappa shape index (κ3) is 3.22. The van der Waals surface area contributed by atoms with Gasteiger partial charge in [0.05, 0.1) is 7.11 Å². The normalized spacial score (nSPS) is 12.2. The van der Waals surface area contributed by atoms with Crippen LogP contribution < -0.4 is 9.47 Å². The van der Waals surface area contributed by atoms with E-state index in [0.29, 0.717) is 0 Å². The van der Waals surface area contributed by atoms with Crippen molar-refractivity contribution in [3.63, 3.8) is 0 Å². The van der Waals surface area contributed by atoms with Gasteiger partial charge in [0, 0.05) is 5.33 Å². The van der Waals surface area contributed by atoms with Gasteiger partial charge >= 0.3 is 0 Å². The second-order valence-electron chi connectivity index (χ2n) is 2.98. The molecule has 78 valence electrons. The highest BCUT2D eigenvalue weighted by atomic mass is 79.9. The quantitative estimate of drug-likeness (QED) is 0.756. The Labute approximate surface area is 93.4 Å². The van der Waals surface area contributed by atoms with Gasteiger partial charge in [0.1, 0.15) is 17.6 Å². The topological polar surface area (TPSA) is 18.5 Å². The van der Waals surface area contributed by atoms with Crippen molar-refractivity contribution in [2.45, 2.75) is 19.4 Å². The van der Waals surface area contributed by atoms with Crippen molar-refractivity contribution in [2.75, 3.05) is 12.4 Å². The van der Waals surface area contributed by atoms with Crippen LogP contribution in [0.4, 0.5) is 0 Å². The van der Waals surface area contributed by atoms with Crippen LogP contribution in [0.5, 0.6) is 11.5 Å². The zero-order valence-electron chi connectivity index (χ0n) is 8.50. The van der Waals surface area contributed by atoms with Crippen LogP contribution in [0, 0.1) is 0 Å². The van der Waals surface area contributed by atoms with Crippen LogP contribution >= 0.6 is 15.9 Å². The Balaban J connectivity index is 2.58. The van der Waals surface area contributed by atoms with Crippen LogP contribution in [0.2, 0.25) is 0 Å². The molecule has 0 aromatic heterocycles. The summed E-state index contributed by atoms with van der Waals surface area (Å²) < 4.78 is 10.8. The Morgan fingerprint density at radius 2 is 1.79 bits per heavy atom. The van der Waals surface area contributed by atoms with Crippen LogP contribution in [0.3, 0.4) is 0 Å². The molecule has 0 bridgehead atoms. The molecule has 0 aliphatic carbocycles. The fourth-order valence-corrected chi connectivity index (χ4v) is 1.66. The molecule has 0 radical (unpaired) electrons. The molecule has 0 fully saturated rings. The Morgan fingerprint density at radius 1 is 1.21 bits per heavy atom. The van der Waals surface area contributed by atoms with Gasteiger partial charge in [0.15, 0.2) is 0 Å². The molecule has 0 aliphatic heterocycles. The Morgan fingerprint density at radius 3 is 2.21 bits per heavy atom. The van der Waals surface area contributed by atoms with Crippen molar-refractivity contribution < 1.29 is 9.47 Å². The average Bonchev–Trinajstić information content (AvgIpc) is 2.26.